The second-order valence-electron chi connectivity index (χ2n) is 7.03. The molecule has 2 aromatic rings. The third-order valence-corrected chi connectivity index (χ3v) is 5.02. The van der Waals surface area contributed by atoms with E-state index in [-0.39, 0.29) is 24.0 Å². The summed E-state index contributed by atoms with van der Waals surface area (Å²) in [7, 11) is 1.86. The summed E-state index contributed by atoms with van der Waals surface area (Å²) in [5.41, 5.74) is 6.34. The second-order valence-corrected chi connectivity index (χ2v) is 7.03. The lowest BCUT2D eigenvalue weighted by Gasteiger charge is -2.36. The van der Waals surface area contributed by atoms with E-state index in [1.807, 2.05) is 13.1 Å². The quantitative estimate of drug-likeness (QED) is 0.412. The largest absolute Gasteiger partial charge is 0.364 e. The van der Waals surface area contributed by atoms with Crippen molar-refractivity contribution in [3.05, 3.63) is 52.4 Å². The van der Waals surface area contributed by atoms with E-state index in [0.29, 0.717) is 0 Å². The molecule has 148 valence electrons. The maximum Gasteiger partial charge on any atom is 0.194 e. The molecular weight excluding hydrogens is 453 g/mol. The third-order valence-electron chi connectivity index (χ3n) is 5.02. The molecule has 0 aliphatic carbocycles. The molecule has 1 saturated heterocycles. The van der Waals surface area contributed by atoms with Crippen LogP contribution < -0.4 is 5.32 Å². The number of rotatable bonds is 4. The molecule has 1 aromatic carbocycles. The Morgan fingerprint density at radius 1 is 1.15 bits per heavy atom. The lowest BCUT2D eigenvalue weighted by molar-refractivity contribution is 0.169. The van der Waals surface area contributed by atoms with Gasteiger partial charge in [0.1, 0.15) is 6.26 Å². The minimum absolute atomic E-state index is 0. The van der Waals surface area contributed by atoms with Crippen molar-refractivity contribution < 1.29 is 4.52 Å². The van der Waals surface area contributed by atoms with Gasteiger partial charge >= 0.3 is 0 Å². The van der Waals surface area contributed by atoms with Crippen molar-refractivity contribution in [3.8, 4) is 0 Å². The van der Waals surface area contributed by atoms with E-state index in [1.54, 1.807) is 6.26 Å². The lowest BCUT2D eigenvalue weighted by Crippen LogP contribution is -2.52. The zero-order valence-corrected chi connectivity index (χ0v) is 19.0. The van der Waals surface area contributed by atoms with Crippen LogP contribution in [-0.2, 0) is 13.1 Å². The van der Waals surface area contributed by atoms with Crippen LogP contribution in [0.3, 0.4) is 0 Å². The van der Waals surface area contributed by atoms with Gasteiger partial charge < -0.3 is 14.7 Å². The number of aryl methyl sites for hydroxylation is 3. The summed E-state index contributed by atoms with van der Waals surface area (Å²) in [6.07, 6.45) is 1.63. The molecule has 6 nitrogen and oxygen atoms in total. The Labute approximate surface area is 179 Å². The number of piperazine rings is 1. The van der Waals surface area contributed by atoms with Crippen molar-refractivity contribution in [1.82, 2.24) is 20.3 Å². The number of benzene rings is 1. The van der Waals surface area contributed by atoms with E-state index in [1.165, 1.54) is 22.3 Å². The summed E-state index contributed by atoms with van der Waals surface area (Å²) >= 11 is 0. The van der Waals surface area contributed by atoms with Crippen LogP contribution in [-0.4, -0.2) is 54.1 Å². The molecule has 1 N–H and O–H groups in total. The molecule has 3 rings (SSSR count). The van der Waals surface area contributed by atoms with Gasteiger partial charge in [0.05, 0.1) is 5.69 Å². The number of halogens is 1. The first-order valence-corrected chi connectivity index (χ1v) is 9.20. The van der Waals surface area contributed by atoms with Crippen molar-refractivity contribution in [2.75, 3.05) is 33.2 Å². The molecular formula is C20H30IN5O. The number of hydrogen-bond acceptors (Lipinski definition) is 4. The first-order chi connectivity index (χ1) is 12.6. The molecule has 1 aliphatic rings. The standard InChI is InChI=1S/C20H29N5O.HI/c1-15-11-16(2)19(17(3)12-15)13-22-20(21-4)25-8-6-24(7-9-25)14-18-5-10-26-23-18;/h5,10-12H,6-9,13-14H2,1-4H3,(H,21,22);1H. The fraction of sp³-hybridized carbons (Fsp3) is 0.500. The molecule has 0 atom stereocenters. The summed E-state index contributed by atoms with van der Waals surface area (Å²) < 4.78 is 4.92. The van der Waals surface area contributed by atoms with Gasteiger partial charge in [-0.05, 0) is 37.5 Å². The molecule has 0 spiro atoms. The maximum absolute atomic E-state index is 4.92. The van der Waals surface area contributed by atoms with Gasteiger partial charge in [0.2, 0.25) is 0 Å². The predicted octanol–water partition coefficient (Wildman–Crippen LogP) is 3.11. The van der Waals surface area contributed by atoms with Gasteiger partial charge in [-0.3, -0.25) is 9.89 Å². The molecule has 1 fully saturated rings. The monoisotopic (exact) mass is 483 g/mol. The number of guanidine groups is 1. The molecule has 1 aromatic heterocycles. The van der Waals surface area contributed by atoms with Gasteiger partial charge in [-0.1, -0.05) is 22.9 Å². The predicted molar refractivity (Wildman–Crippen MR) is 120 cm³/mol. The second kappa shape index (κ2) is 10.1. The normalized spacial score (nSPS) is 15.6. The zero-order chi connectivity index (χ0) is 18.5. The zero-order valence-electron chi connectivity index (χ0n) is 16.7. The van der Waals surface area contributed by atoms with Crippen molar-refractivity contribution in [1.29, 1.82) is 0 Å². The van der Waals surface area contributed by atoms with Crippen molar-refractivity contribution in [2.24, 2.45) is 4.99 Å². The summed E-state index contributed by atoms with van der Waals surface area (Å²) in [5, 5.41) is 7.55. The molecule has 27 heavy (non-hydrogen) atoms. The van der Waals surface area contributed by atoms with Gasteiger partial charge in [0.15, 0.2) is 5.96 Å². The van der Waals surface area contributed by atoms with Crippen LogP contribution in [0.5, 0.6) is 0 Å². The van der Waals surface area contributed by atoms with E-state index >= 15 is 0 Å². The number of nitrogens with one attached hydrogen (secondary N) is 1. The highest BCUT2D eigenvalue weighted by molar-refractivity contribution is 14.0. The third kappa shape index (κ3) is 5.68. The van der Waals surface area contributed by atoms with E-state index in [9.17, 15) is 0 Å². The van der Waals surface area contributed by atoms with E-state index in [4.69, 9.17) is 4.52 Å². The summed E-state index contributed by atoms with van der Waals surface area (Å²) in [5.74, 6) is 0.977. The lowest BCUT2D eigenvalue weighted by atomic mass is 10.00. The van der Waals surface area contributed by atoms with Gasteiger partial charge in [0.25, 0.3) is 0 Å². The molecule has 0 radical (unpaired) electrons. The summed E-state index contributed by atoms with van der Waals surface area (Å²) in [6, 6.07) is 6.42. The first-order valence-electron chi connectivity index (χ1n) is 9.20. The van der Waals surface area contributed by atoms with Crippen LogP contribution in [0.15, 0.2) is 34.0 Å². The molecule has 0 amide bonds. The van der Waals surface area contributed by atoms with Crippen molar-refractivity contribution in [3.63, 3.8) is 0 Å². The van der Waals surface area contributed by atoms with Gasteiger partial charge in [0, 0.05) is 52.4 Å². The summed E-state index contributed by atoms with van der Waals surface area (Å²) in [4.78, 5) is 9.22. The highest BCUT2D eigenvalue weighted by atomic mass is 127. The molecule has 0 bridgehead atoms. The van der Waals surface area contributed by atoms with Crippen LogP contribution in [0, 0.1) is 20.8 Å². The smallest absolute Gasteiger partial charge is 0.194 e. The number of nitrogens with zero attached hydrogens (tertiary/aromatic N) is 4. The first kappa shape index (κ1) is 21.7. The fourth-order valence-corrected chi connectivity index (χ4v) is 3.65. The fourth-order valence-electron chi connectivity index (χ4n) is 3.65. The van der Waals surface area contributed by atoms with E-state index < -0.39 is 0 Å². The molecule has 7 heteroatoms. The number of aromatic nitrogens is 1. The van der Waals surface area contributed by atoms with Crippen LogP contribution in [0.4, 0.5) is 0 Å². The SMILES string of the molecule is CN=C(NCc1c(C)cc(C)cc1C)N1CCN(Cc2ccon2)CC1.I. The average Bonchev–Trinajstić information content (AvgIpc) is 3.11. The Bertz CT molecular complexity index is 729. The Balaban J connectivity index is 0.00000261. The van der Waals surface area contributed by atoms with Gasteiger partial charge in [-0.15, -0.1) is 24.0 Å². The van der Waals surface area contributed by atoms with Crippen molar-refractivity contribution >= 4 is 29.9 Å². The topological polar surface area (TPSA) is 56.9 Å². The van der Waals surface area contributed by atoms with Crippen LogP contribution in [0.2, 0.25) is 0 Å². The highest BCUT2D eigenvalue weighted by Gasteiger charge is 2.20. The van der Waals surface area contributed by atoms with Crippen LogP contribution >= 0.6 is 24.0 Å². The molecule has 1 aliphatic heterocycles. The number of aliphatic imine (C=N–C) groups is 1. The highest BCUT2D eigenvalue weighted by Crippen LogP contribution is 2.16. The minimum Gasteiger partial charge on any atom is -0.364 e. The number of hydrogen-bond donors (Lipinski definition) is 1. The average molecular weight is 483 g/mol. The molecule has 0 saturated carbocycles. The molecule has 0 unspecified atom stereocenters. The molecule has 2 heterocycles. The Hall–Kier alpha value is -1.61. The van der Waals surface area contributed by atoms with Gasteiger partial charge in [-0.2, -0.15) is 0 Å². The van der Waals surface area contributed by atoms with E-state index in [0.717, 1.165) is 50.9 Å². The summed E-state index contributed by atoms with van der Waals surface area (Å²) in [6.45, 7) is 12.1. The Morgan fingerprint density at radius 2 is 1.81 bits per heavy atom. The maximum atomic E-state index is 4.92. The Morgan fingerprint density at radius 3 is 2.37 bits per heavy atom. The minimum atomic E-state index is 0. The van der Waals surface area contributed by atoms with E-state index in [2.05, 4.69) is 58.2 Å². The Kier molecular flexibility index (Phi) is 8.09. The van der Waals surface area contributed by atoms with Crippen molar-refractivity contribution in [2.45, 2.75) is 33.9 Å². The van der Waals surface area contributed by atoms with Crippen LogP contribution in [0.1, 0.15) is 27.9 Å². The van der Waals surface area contributed by atoms with Crippen LogP contribution in [0.25, 0.3) is 0 Å². The van der Waals surface area contributed by atoms with Gasteiger partial charge in [-0.25, -0.2) is 0 Å².